The van der Waals surface area contributed by atoms with Crippen LogP contribution in [0.5, 0.6) is 0 Å². The van der Waals surface area contributed by atoms with Gasteiger partial charge in [0.1, 0.15) is 25.4 Å². The van der Waals surface area contributed by atoms with Crippen molar-refractivity contribution in [2.24, 2.45) is 11.8 Å². The maximum Gasteiger partial charge on any atom is 0.308 e. The largest absolute Gasteiger partial charge is 0.463 e. The highest BCUT2D eigenvalue weighted by molar-refractivity contribution is 5.72. The van der Waals surface area contributed by atoms with Gasteiger partial charge in [-0.25, -0.2) is 0 Å². The second-order valence-corrected chi connectivity index (χ2v) is 6.87. The van der Waals surface area contributed by atoms with Crippen LogP contribution in [0.4, 0.5) is 0 Å². The third kappa shape index (κ3) is 12.7. The van der Waals surface area contributed by atoms with E-state index in [4.69, 9.17) is 18.9 Å². The molecule has 8 nitrogen and oxygen atoms in total. The molecule has 0 fully saturated rings. The zero-order valence-electron chi connectivity index (χ0n) is 17.2. The Hall–Kier alpha value is -1.22. The molecule has 5 atom stereocenters. The van der Waals surface area contributed by atoms with E-state index in [1.807, 2.05) is 13.8 Å². The van der Waals surface area contributed by atoms with Crippen LogP contribution in [0.2, 0.25) is 0 Å². The van der Waals surface area contributed by atoms with Crippen LogP contribution in [0.15, 0.2) is 0 Å². The molecule has 0 aromatic carbocycles. The van der Waals surface area contributed by atoms with Gasteiger partial charge >= 0.3 is 11.9 Å². The third-order valence-corrected chi connectivity index (χ3v) is 4.10. The fourth-order valence-electron chi connectivity index (χ4n) is 1.76. The molecule has 0 saturated heterocycles. The van der Waals surface area contributed by atoms with Crippen LogP contribution in [0, 0.1) is 11.8 Å². The van der Waals surface area contributed by atoms with E-state index in [1.54, 1.807) is 20.8 Å². The number of rotatable bonds is 15. The summed E-state index contributed by atoms with van der Waals surface area (Å²) in [4.78, 5) is 23.0. The molecule has 0 aliphatic carbocycles. The van der Waals surface area contributed by atoms with E-state index in [1.165, 1.54) is 0 Å². The lowest BCUT2D eigenvalue weighted by Crippen LogP contribution is -2.30. The Morgan fingerprint density at radius 2 is 1.19 bits per heavy atom. The van der Waals surface area contributed by atoms with Crippen LogP contribution in [0.25, 0.3) is 0 Å². The van der Waals surface area contributed by atoms with Crippen LogP contribution in [-0.4, -0.2) is 73.5 Å². The number of hydrogen-bond donors (Lipinski definition) is 2. The van der Waals surface area contributed by atoms with Crippen LogP contribution < -0.4 is 0 Å². The average Bonchev–Trinajstić information content (AvgIpc) is 2.66. The fraction of sp³-hybridized carbons (Fsp3) is 0.895. The molecule has 27 heavy (non-hydrogen) atoms. The average molecular weight is 392 g/mol. The minimum atomic E-state index is -0.911. The molecular weight excluding hydrogens is 356 g/mol. The summed E-state index contributed by atoms with van der Waals surface area (Å²) in [5.74, 6) is -1.06. The van der Waals surface area contributed by atoms with E-state index in [0.29, 0.717) is 12.8 Å². The summed E-state index contributed by atoms with van der Waals surface area (Å²) in [6, 6.07) is 0. The standard InChI is InChI=1S/C19H36O8/c1-6-13(3)18(22)26-11-16(20)9-24-8-15(5)25-10-17(21)12-27-19(23)14(4)7-2/h13-17,20-21H,6-12H2,1-5H3. The van der Waals surface area contributed by atoms with Crippen LogP contribution in [0.3, 0.4) is 0 Å². The first-order chi connectivity index (χ1) is 12.7. The van der Waals surface area contributed by atoms with Crippen molar-refractivity contribution >= 4 is 11.9 Å². The number of esters is 2. The molecule has 0 rings (SSSR count). The summed E-state index contributed by atoms with van der Waals surface area (Å²) < 4.78 is 20.7. The predicted octanol–water partition coefficient (Wildman–Crippen LogP) is 1.31. The predicted molar refractivity (Wildman–Crippen MR) is 99.1 cm³/mol. The molecule has 0 heterocycles. The number of carbonyl (C=O) groups excluding carboxylic acids is 2. The number of carbonyl (C=O) groups is 2. The number of aliphatic hydroxyl groups is 2. The van der Waals surface area contributed by atoms with Gasteiger partial charge < -0.3 is 29.2 Å². The summed E-state index contributed by atoms with van der Waals surface area (Å²) in [6.45, 7) is 9.07. The van der Waals surface area contributed by atoms with E-state index in [0.717, 1.165) is 0 Å². The maximum absolute atomic E-state index is 11.5. The SMILES string of the molecule is CCC(C)C(=O)OCC(O)COCC(C)OCC(O)COC(=O)C(C)CC. The van der Waals surface area contributed by atoms with Crippen molar-refractivity contribution in [3.05, 3.63) is 0 Å². The number of hydrogen-bond acceptors (Lipinski definition) is 8. The van der Waals surface area contributed by atoms with Crippen molar-refractivity contribution < 1.29 is 38.7 Å². The van der Waals surface area contributed by atoms with Gasteiger partial charge in [0.2, 0.25) is 0 Å². The zero-order chi connectivity index (χ0) is 20.8. The van der Waals surface area contributed by atoms with E-state index < -0.39 is 12.2 Å². The molecule has 0 aliphatic heterocycles. The quantitative estimate of drug-likeness (QED) is 0.401. The van der Waals surface area contributed by atoms with Crippen LogP contribution in [0.1, 0.15) is 47.5 Å². The van der Waals surface area contributed by atoms with Crippen LogP contribution in [-0.2, 0) is 28.5 Å². The maximum atomic E-state index is 11.5. The van der Waals surface area contributed by atoms with E-state index >= 15 is 0 Å². The minimum absolute atomic E-state index is 0.00733. The summed E-state index contributed by atoms with van der Waals surface area (Å²) in [5.41, 5.74) is 0. The first kappa shape index (κ1) is 25.8. The molecule has 0 spiro atoms. The topological polar surface area (TPSA) is 112 Å². The van der Waals surface area contributed by atoms with Crippen molar-refractivity contribution in [3.8, 4) is 0 Å². The normalized spacial score (nSPS) is 16.9. The minimum Gasteiger partial charge on any atom is -0.463 e. The van der Waals surface area contributed by atoms with Crippen LogP contribution >= 0.6 is 0 Å². The Kier molecular flexibility index (Phi) is 14.1. The molecule has 8 heteroatoms. The van der Waals surface area contributed by atoms with Gasteiger partial charge in [-0.1, -0.05) is 27.7 Å². The molecule has 0 amide bonds. The molecule has 0 aromatic rings. The van der Waals surface area contributed by atoms with Gasteiger partial charge in [0.25, 0.3) is 0 Å². The second kappa shape index (κ2) is 14.8. The van der Waals surface area contributed by atoms with Gasteiger partial charge in [-0.15, -0.1) is 0 Å². The first-order valence-corrected chi connectivity index (χ1v) is 9.59. The molecule has 2 N–H and O–H groups in total. The van der Waals surface area contributed by atoms with Crippen molar-refractivity contribution in [1.82, 2.24) is 0 Å². The summed E-state index contributed by atoms with van der Waals surface area (Å²) in [5, 5.41) is 19.5. The number of ether oxygens (including phenoxy) is 4. The molecule has 160 valence electrons. The fourth-order valence-corrected chi connectivity index (χ4v) is 1.76. The molecule has 0 saturated carbocycles. The Morgan fingerprint density at radius 3 is 1.63 bits per heavy atom. The van der Waals surface area contributed by atoms with E-state index in [2.05, 4.69) is 0 Å². The zero-order valence-corrected chi connectivity index (χ0v) is 17.2. The second-order valence-electron chi connectivity index (χ2n) is 6.87. The molecule has 0 radical (unpaired) electrons. The van der Waals surface area contributed by atoms with Crippen molar-refractivity contribution in [3.63, 3.8) is 0 Å². The highest BCUT2D eigenvalue weighted by Gasteiger charge is 2.17. The molecular formula is C19H36O8. The Morgan fingerprint density at radius 1 is 0.741 bits per heavy atom. The summed E-state index contributed by atoms with van der Waals surface area (Å²) in [7, 11) is 0. The molecule has 0 aromatic heterocycles. The van der Waals surface area contributed by atoms with E-state index in [9.17, 15) is 19.8 Å². The van der Waals surface area contributed by atoms with Gasteiger partial charge in [-0.3, -0.25) is 9.59 Å². The Balaban J connectivity index is 3.80. The lowest BCUT2D eigenvalue weighted by molar-refractivity contribution is -0.154. The lowest BCUT2D eigenvalue weighted by Gasteiger charge is -2.18. The van der Waals surface area contributed by atoms with Gasteiger partial charge in [-0.05, 0) is 19.8 Å². The molecule has 0 aliphatic rings. The molecule has 0 bridgehead atoms. The van der Waals surface area contributed by atoms with Gasteiger partial charge in [-0.2, -0.15) is 0 Å². The van der Waals surface area contributed by atoms with Gasteiger partial charge in [0.15, 0.2) is 0 Å². The first-order valence-electron chi connectivity index (χ1n) is 9.59. The van der Waals surface area contributed by atoms with Crippen molar-refractivity contribution in [2.75, 3.05) is 33.0 Å². The van der Waals surface area contributed by atoms with Crippen molar-refractivity contribution in [2.45, 2.75) is 65.8 Å². The molecule has 5 unspecified atom stereocenters. The van der Waals surface area contributed by atoms with E-state index in [-0.39, 0.29) is 62.9 Å². The monoisotopic (exact) mass is 392 g/mol. The highest BCUT2D eigenvalue weighted by Crippen LogP contribution is 2.05. The highest BCUT2D eigenvalue weighted by atomic mass is 16.6. The smallest absolute Gasteiger partial charge is 0.308 e. The van der Waals surface area contributed by atoms with Gasteiger partial charge in [0.05, 0.1) is 37.8 Å². The third-order valence-electron chi connectivity index (χ3n) is 4.10. The van der Waals surface area contributed by atoms with Crippen molar-refractivity contribution in [1.29, 1.82) is 0 Å². The van der Waals surface area contributed by atoms with Gasteiger partial charge in [0, 0.05) is 0 Å². The Bertz CT molecular complexity index is 415. The number of aliphatic hydroxyl groups excluding tert-OH is 2. The Labute approximate surface area is 162 Å². The summed E-state index contributed by atoms with van der Waals surface area (Å²) >= 11 is 0. The lowest BCUT2D eigenvalue weighted by atomic mass is 10.1. The summed E-state index contributed by atoms with van der Waals surface area (Å²) in [6.07, 6.45) is -0.771.